The van der Waals surface area contributed by atoms with Gasteiger partial charge in [0, 0.05) is 12.6 Å². The van der Waals surface area contributed by atoms with Crippen LogP contribution >= 0.6 is 0 Å². The lowest BCUT2D eigenvalue weighted by molar-refractivity contribution is -0.136. The molecule has 1 N–H and O–H groups in total. The first-order valence-electron chi connectivity index (χ1n) is 10.1. The van der Waals surface area contributed by atoms with E-state index in [1.807, 2.05) is 6.07 Å². The number of halogens is 1. The molecule has 4 rings (SSSR count). The fraction of sp³-hybridized carbons (Fsp3) is 0.292. The molecular weight excluding hydrogens is 397 g/mol. The van der Waals surface area contributed by atoms with Crippen LogP contribution in [0, 0.1) is 17.1 Å². The van der Waals surface area contributed by atoms with Gasteiger partial charge >= 0.3 is 12.0 Å². The van der Waals surface area contributed by atoms with Crippen LogP contribution in [0.15, 0.2) is 54.1 Å². The molecule has 0 spiro atoms. The monoisotopic (exact) mass is 419 g/mol. The van der Waals surface area contributed by atoms with Gasteiger partial charge in [0.25, 0.3) is 0 Å². The molecule has 0 radical (unpaired) electrons. The molecule has 0 aromatic heterocycles. The van der Waals surface area contributed by atoms with Crippen LogP contribution in [-0.4, -0.2) is 36.1 Å². The topological polar surface area (TPSA) is 82.4 Å². The van der Waals surface area contributed by atoms with Gasteiger partial charge < -0.3 is 15.0 Å². The zero-order chi connectivity index (χ0) is 22.0. The Bertz CT molecular complexity index is 1090. The standard InChI is InChI=1S/C24H22FN3O3/c1-31-23(29)22-20(17-4-2-3-16(11-17)13-26)12-19-9-10-21(22)28(19)24(30)27-14-15-5-7-18(25)8-6-15/h2-8,11,19,21H,9-10,12,14H2,1H3,(H,27,30)/t19-,21+/m0/s1. The number of benzene rings is 2. The number of carbonyl (C=O) groups is 2. The highest BCUT2D eigenvalue weighted by atomic mass is 19.1. The highest BCUT2D eigenvalue weighted by molar-refractivity contribution is 6.01. The molecule has 7 heteroatoms. The fourth-order valence-electron chi connectivity index (χ4n) is 4.51. The first kappa shape index (κ1) is 20.6. The Balaban J connectivity index is 1.62. The van der Waals surface area contributed by atoms with Crippen LogP contribution in [0.25, 0.3) is 5.57 Å². The number of nitrogens with one attached hydrogen (secondary N) is 1. The van der Waals surface area contributed by atoms with Gasteiger partial charge in [0.15, 0.2) is 0 Å². The van der Waals surface area contributed by atoms with Crippen LogP contribution in [0.4, 0.5) is 9.18 Å². The zero-order valence-electron chi connectivity index (χ0n) is 17.1. The van der Waals surface area contributed by atoms with Crippen LogP contribution in [0.2, 0.25) is 0 Å². The van der Waals surface area contributed by atoms with Crippen LogP contribution in [-0.2, 0) is 16.1 Å². The van der Waals surface area contributed by atoms with Crippen molar-refractivity contribution in [3.8, 4) is 6.07 Å². The number of fused-ring (bicyclic) bond motifs is 2. The molecule has 1 fully saturated rings. The number of ether oxygens (including phenoxy) is 1. The van der Waals surface area contributed by atoms with Crippen molar-refractivity contribution in [2.45, 2.75) is 37.9 Å². The number of carbonyl (C=O) groups excluding carboxylic acids is 2. The largest absolute Gasteiger partial charge is 0.466 e. The number of nitrogens with zero attached hydrogens (tertiary/aromatic N) is 2. The zero-order valence-corrected chi connectivity index (χ0v) is 17.1. The summed E-state index contributed by atoms with van der Waals surface area (Å²) >= 11 is 0. The second kappa shape index (κ2) is 8.60. The van der Waals surface area contributed by atoms with Crippen molar-refractivity contribution in [1.82, 2.24) is 10.2 Å². The van der Waals surface area contributed by atoms with E-state index >= 15 is 0 Å². The van der Waals surface area contributed by atoms with E-state index in [0.717, 1.165) is 23.1 Å². The van der Waals surface area contributed by atoms with Crippen LogP contribution in [0.3, 0.4) is 0 Å². The molecule has 158 valence electrons. The van der Waals surface area contributed by atoms with Crippen molar-refractivity contribution in [2.75, 3.05) is 7.11 Å². The van der Waals surface area contributed by atoms with Crippen LogP contribution in [0.5, 0.6) is 0 Å². The Morgan fingerprint density at radius 3 is 2.71 bits per heavy atom. The molecule has 0 aliphatic carbocycles. The van der Waals surface area contributed by atoms with Crippen molar-refractivity contribution in [2.24, 2.45) is 0 Å². The summed E-state index contributed by atoms with van der Waals surface area (Å²) in [6.07, 6.45) is 1.96. The molecule has 6 nitrogen and oxygen atoms in total. The first-order chi connectivity index (χ1) is 15.0. The Morgan fingerprint density at radius 2 is 2.00 bits per heavy atom. The Hall–Kier alpha value is -3.66. The summed E-state index contributed by atoms with van der Waals surface area (Å²) in [6.45, 7) is 0.267. The molecule has 2 aliphatic heterocycles. The van der Waals surface area contributed by atoms with Crippen LogP contribution < -0.4 is 5.32 Å². The van der Waals surface area contributed by atoms with Gasteiger partial charge in [-0.3, -0.25) is 0 Å². The molecule has 2 aromatic carbocycles. The second-order valence-corrected chi connectivity index (χ2v) is 7.72. The smallest absolute Gasteiger partial charge is 0.336 e. The predicted octanol–water partition coefficient (Wildman–Crippen LogP) is 3.77. The number of amides is 2. The van der Waals surface area contributed by atoms with Crippen molar-refractivity contribution >= 4 is 17.6 Å². The van der Waals surface area contributed by atoms with E-state index in [9.17, 15) is 19.2 Å². The highest BCUT2D eigenvalue weighted by Crippen LogP contribution is 2.43. The summed E-state index contributed by atoms with van der Waals surface area (Å²) < 4.78 is 18.2. The summed E-state index contributed by atoms with van der Waals surface area (Å²) in [4.78, 5) is 27.5. The molecule has 2 aliphatic rings. The Morgan fingerprint density at radius 1 is 1.23 bits per heavy atom. The minimum Gasteiger partial charge on any atom is -0.466 e. The summed E-state index contributed by atoms with van der Waals surface area (Å²) in [5.41, 5.74) is 3.42. The van der Waals surface area contributed by atoms with Gasteiger partial charge in [0.2, 0.25) is 0 Å². The number of hydrogen-bond donors (Lipinski definition) is 1. The molecule has 2 amide bonds. The fourth-order valence-corrected chi connectivity index (χ4v) is 4.51. The SMILES string of the molecule is COC(=O)C1=C(c2cccc(C#N)c2)C[C@@H]2CC[C@H]1N2C(=O)NCc1ccc(F)cc1. The van der Waals surface area contributed by atoms with Gasteiger partial charge in [-0.1, -0.05) is 24.3 Å². The summed E-state index contributed by atoms with van der Waals surface area (Å²) in [6, 6.07) is 14.5. The van der Waals surface area contributed by atoms with E-state index in [4.69, 9.17) is 4.74 Å². The molecular formula is C24H22FN3O3. The van der Waals surface area contributed by atoms with Gasteiger partial charge in [0.05, 0.1) is 30.4 Å². The van der Waals surface area contributed by atoms with Gasteiger partial charge in [-0.05, 0) is 60.2 Å². The molecule has 2 bridgehead atoms. The lowest BCUT2D eigenvalue weighted by atomic mass is 9.88. The van der Waals surface area contributed by atoms with Gasteiger partial charge in [-0.2, -0.15) is 5.26 Å². The number of esters is 1. The lowest BCUT2D eigenvalue weighted by Gasteiger charge is -2.37. The van der Waals surface area contributed by atoms with Crippen molar-refractivity contribution in [1.29, 1.82) is 5.26 Å². The first-order valence-corrected chi connectivity index (χ1v) is 10.1. The molecule has 1 saturated heterocycles. The van der Waals surface area contributed by atoms with E-state index < -0.39 is 5.97 Å². The van der Waals surface area contributed by atoms with Gasteiger partial charge in [-0.15, -0.1) is 0 Å². The maximum atomic E-state index is 13.1. The lowest BCUT2D eigenvalue weighted by Crippen LogP contribution is -2.50. The number of hydrogen-bond acceptors (Lipinski definition) is 4. The Labute approximate surface area is 179 Å². The summed E-state index contributed by atoms with van der Waals surface area (Å²) in [5, 5.41) is 12.1. The third kappa shape index (κ3) is 4.02. The number of urea groups is 1. The van der Waals surface area contributed by atoms with E-state index in [2.05, 4.69) is 11.4 Å². The molecule has 2 heterocycles. The normalized spacial score (nSPS) is 19.7. The molecule has 31 heavy (non-hydrogen) atoms. The van der Waals surface area contributed by atoms with Crippen LogP contribution in [0.1, 0.15) is 36.0 Å². The molecule has 2 aromatic rings. The van der Waals surface area contributed by atoms with E-state index in [-0.39, 0.29) is 30.5 Å². The Kier molecular flexibility index (Phi) is 5.72. The maximum absolute atomic E-state index is 13.1. The number of nitriles is 1. The molecule has 2 atom stereocenters. The average molecular weight is 419 g/mol. The quantitative estimate of drug-likeness (QED) is 0.765. The number of rotatable bonds is 4. The molecule has 0 unspecified atom stereocenters. The average Bonchev–Trinajstić information content (AvgIpc) is 3.11. The summed E-state index contributed by atoms with van der Waals surface area (Å²) in [7, 11) is 1.33. The summed E-state index contributed by atoms with van der Waals surface area (Å²) in [5.74, 6) is -0.788. The van der Waals surface area contributed by atoms with Gasteiger partial charge in [0.1, 0.15) is 5.82 Å². The van der Waals surface area contributed by atoms with E-state index in [0.29, 0.717) is 24.0 Å². The van der Waals surface area contributed by atoms with Crippen molar-refractivity contribution in [3.63, 3.8) is 0 Å². The second-order valence-electron chi connectivity index (χ2n) is 7.72. The van der Waals surface area contributed by atoms with E-state index in [1.54, 1.807) is 35.2 Å². The van der Waals surface area contributed by atoms with Crippen molar-refractivity contribution < 1.29 is 18.7 Å². The van der Waals surface area contributed by atoms with Gasteiger partial charge in [-0.25, -0.2) is 14.0 Å². The maximum Gasteiger partial charge on any atom is 0.336 e. The van der Waals surface area contributed by atoms with E-state index in [1.165, 1.54) is 19.2 Å². The third-order valence-corrected chi connectivity index (χ3v) is 5.94. The highest BCUT2D eigenvalue weighted by Gasteiger charge is 2.46. The van der Waals surface area contributed by atoms with Crippen molar-refractivity contribution in [3.05, 3.63) is 76.6 Å². The molecule has 0 saturated carbocycles. The number of methoxy groups -OCH3 is 1. The minimum atomic E-state index is -0.459. The third-order valence-electron chi connectivity index (χ3n) is 5.94. The minimum absolute atomic E-state index is 0.0487. The predicted molar refractivity (Wildman–Crippen MR) is 112 cm³/mol.